The van der Waals surface area contributed by atoms with Crippen LogP contribution < -0.4 is 25.1 Å². The Kier molecular flexibility index (Phi) is 9.06. The molecule has 2 N–H and O–H groups in total. The number of nitrogens with zero attached hydrogens (tertiary/aromatic N) is 2. The van der Waals surface area contributed by atoms with Gasteiger partial charge in [-0.25, -0.2) is 0 Å². The Balaban J connectivity index is 1.86. The quantitative estimate of drug-likeness (QED) is 0.288. The molecule has 4 rings (SSSR count). The summed E-state index contributed by atoms with van der Waals surface area (Å²) >= 11 is 0. The maximum absolute atomic E-state index is 14.0. The van der Waals surface area contributed by atoms with Crippen LogP contribution in [0.2, 0.25) is 0 Å². The number of hydrogen-bond donors (Lipinski definition) is 2. The van der Waals surface area contributed by atoms with Gasteiger partial charge in [0.25, 0.3) is 11.5 Å². The van der Waals surface area contributed by atoms with E-state index in [1.54, 1.807) is 24.4 Å². The van der Waals surface area contributed by atoms with Crippen LogP contribution in [0.3, 0.4) is 0 Å². The van der Waals surface area contributed by atoms with Gasteiger partial charge >= 0.3 is 0 Å². The Bertz CT molecular complexity index is 1540. The Morgan fingerprint density at radius 1 is 1.05 bits per heavy atom. The van der Waals surface area contributed by atoms with Crippen molar-refractivity contribution in [1.82, 2.24) is 14.9 Å². The molecule has 0 bridgehead atoms. The predicted octanol–water partition coefficient (Wildman–Crippen LogP) is 4.35. The lowest BCUT2D eigenvalue weighted by Crippen LogP contribution is -2.34. The number of pyridine rings is 2. The number of nitrogens with one attached hydrogen (secondary N) is 1. The first-order chi connectivity index (χ1) is 19.3. The van der Waals surface area contributed by atoms with Crippen LogP contribution in [-0.4, -0.2) is 48.5 Å². The van der Waals surface area contributed by atoms with Gasteiger partial charge < -0.3 is 29.2 Å². The molecule has 0 unspecified atom stereocenters. The van der Waals surface area contributed by atoms with Crippen molar-refractivity contribution in [3.05, 3.63) is 81.9 Å². The number of aryl methyl sites for hydroxylation is 1. The van der Waals surface area contributed by atoms with Crippen molar-refractivity contribution in [2.24, 2.45) is 5.92 Å². The molecule has 2 aromatic heterocycles. The Morgan fingerprint density at radius 2 is 1.73 bits per heavy atom. The van der Waals surface area contributed by atoms with Gasteiger partial charge in [0, 0.05) is 36.8 Å². The molecule has 0 radical (unpaired) electrons. The minimum atomic E-state index is -0.413. The number of amides is 1. The molecule has 0 aliphatic carbocycles. The second-order valence-electron chi connectivity index (χ2n) is 9.74. The number of fused-ring (bicyclic) bond motifs is 1. The third-order valence-electron chi connectivity index (χ3n) is 6.92. The minimum Gasteiger partial charge on any atom is -0.493 e. The zero-order valence-corrected chi connectivity index (χ0v) is 23.5. The maximum atomic E-state index is 14.0. The topological polar surface area (TPSA) is 112 Å². The highest BCUT2D eigenvalue weighted by Crippen LogP contribution is 2.38. The first-order valence-corrected chi connectivity index (χ1v) is 13.1. The van der Waals surface area contributed by atoms with Crippen molar-refractivity contribution in [3.8, 4) is 28.4 Å². The van der Waals surface area contributed by atoms with Gasteiger partial charge in [0.2, 0.25) is 5.75 Å². The molecule has 9 heteroatoms. The summed E-state index contributed by atoms with van der Waals surface area (Å²) in [7, 11) is 4.59. The molecule has 0 saturated heterocycles. The minimum absolute atomic E-state index is 0.0198. The molecule has 2 aromatic carbocycles. The number of aromatic nitrogens is 2. The highest BCUT2D eigenvalue weighted by molar-refractivity contribution is 6.07. The zero-order valence-electron chi connectivity index (χ0n) is 23.5. The molecule has 0 spiro atoms. The molecule has 4 aromatic rings. The molecule has 40 heavy (non-hydrogen) atoms. The molecule has 9 nitrogen and oxygen atoms in total. The van der Waals surface area contributed by atoms with Gasteiger partial charge in [-0.1, -0.05) is 42.8 Å². The first-order valence-electron chi connectivity index (χ1n) is 13.1. The lowest BCUT2D eigenvalue weighted by Gasteiger charge is -2.21. The largest absolute Gasteiger partial charge is 0.493 e. The standard InChI is InChI=1S/C31H35N3O6/c1-19-8-10-22(11-9-19)26-23-7-6-13-32-27(23)31(37)34(14-12-20(2)18-35)28(26)30(36)33-17-21-15-24(38-3)29(40-5)25(16-21)39-4/h6-11,13,15-16,20,35H,12,14,17-18H2,1-5H3,(H,33,36)/t20-/m0/s1. The maximum Gasteiger partial charge on any atom is 0.277 e. The van der Waals surface area contributed by atoms with Gasteiger partial charge in [-0.15, -0.1) is 0 Å². The summed E-state index contributed by atoms with van der Waals surface area (Å²) in [4.78, 5) is 32.1. The number of rotatable bonds is 11. The van der Waals surface area contributed by atoms with Crippen molar-refractivity contribution in [1.29, 1.82) is 0 Å². The fraction of sp³-hybridized carbons (Fsp3) is 0.323. The average molecular weight is 546 g/mol. The summed E-state index contributed by atoms with van der Waals surface area (Å²) in [6.07, 6.45) is 2.09. The number of aliphatic hydroxyl groups is 1. The van der Waals surface area contributed by atoms with Gasteiger partial charge in [-0.05, 0) is 48.6 Å². The van der Waals surface area contributed by atoms with Crippen LogP contribution in [0.1, 0.15) is 35.0 Å². The normalized spacial score (nSPS) is 11.8. The van der Waals surface area contributed by atoms with E-state index in [-0.39, 0.29) is 42.4 Å². The van der Waals surface area contributed by atoms with Crippen molar-refractivity contribution in [3.63, 3.8) is 0 Å². The molecule has 2 heterocycles. The molecule has 0 aliphatic heterocycles. The predicted molar refractivity (Wildman–Crippen MR) is 154 cm³/mol. The van der Waals surface area contributed by atoms with Crippen LogP contribution in [0.5, 0.6) is 17.2 Å². The van der Waals surface area contributed by atoms with E-state index in [1.165, 1.54) is 25.9 Å². The number of methoxy groups -OCH3 is 3. The van der Waals surface area contributed by atoms with Gasteiger partial charge in [-0.3, -0.25) is 14.6 Å². The van der Waals surface area contributed by atoms with Gasteiger partial charge in [0.05, 0.1) is 21.3 Å². The average Bonchev–Trinajstić information content (AvgIpc) is 2.98. The number of aliphatic hydroxyl groups excluding tert-OH is 1. The number of hydrogen-bond acceptors (Lipinski definition) is 7. The van der Waals surface area contributed by atoms with Crippen LogP contribution in [-0.2, 0) is 13.1 Å². The Hall–Kier alpha value is -4.37. The fourth-order valence-electron chi connectivity index (χ4n) is 4.68. The monoisotopic (exact) mass is 545 g/mol. The number of ether oxygens (including phenoxy) is 3. The van der Waals surface area contributed by atoms with E-state index in [2.05, 4.69) is 10.3 Å². The second-order valence-corrected chi connectivity index (χ2v) is 9.74. The van der Waals surface area contributed by atoms with Crippen LogP contribution in [0.15, 0.2) is 59.5 Å². The van der Waals surface area contributed by atoms with E-state index in [0.717, 1.165) is 16.7 Å². The first kappa shape index (κ1) is 28.6. The van der Waals surface area contributed by atoms with Crippen LogP contribution in [0.4, 0.5) is 0 Å². The van der Waals surface area contributed by atoms with Crippen molar-refractivity contribution < 1.29 is 24.1 Å². The van der Waals surface area contributed by atoms with E-state index >= 15 is 0 Å². The molecular formula is C31H35N3O6. The van der Waals surface area contributed by atoms with Crippen LogP contribution >= 0.6 is 0 Å². The number of benzene rings is 2. The van der Waals surface area contributed by atoms with Crippen molar-refractivity contribution in [2.75, 3.05) is 27.9 Å². The molecular weight excluding hydrogens is 510 g/mol. The molecule has 1 amide bonds. The second kappa shape index (κ2) is 12.7. The third kappa shape index (κ3) is 5.79. The SMILES string of the molecule is COc1cc(CNC(=O)c2c(-c3ccc(C)cc3)c3cccnc3c(=O)n2CC[C@H](C)CO)cc(OC)c1OC. The van der Waals surface area contributed by atoms with Crippen molar-refractivity contribution >= 4 is 16.8 Å². The van der Waals surface area contributed by atoms with Crippen LogP contribution in [0.25, 0.3) is 22.0 Å². The summed E-state index contributed by atoms with van der Waals surface area (Å²) in [5.41, 5.74) is 3.40. The van der Waals surface area contributed by atoms with E-state index in [9.17, 15) is 14.7 Å². The Labute approximate surface area is 233 Å². The molecule has 1 atom stereocenters. The third-order valence-corrected chi connectivity index (χ3v) is 6.92. The Morgan fingerprint density at radius 3 is 2.33 bits per heavy atom. The highest BCUT2D eigenvalue weighted by Gasteiger charge is 2.24. The molecule has 0 aliphatic rings. The summed E-state index contributed by atoms with van der Waals surface area (Å²) in [5.74, 6) is 0.931. The summed E-state index contributed by atoms with van der Waals surface area (Å²) in [6.45, 7) is 4.27. The molecule has 210 valence electrons. The smallest absolute Gasteiger partial charge is 0.277 e. The van der Waals surface area contributed by atoms with Gasteiger partial charge in [0.15, 0.2) is 11.5 Å². The van der Waals surface area contributed by atoms with E-state index in [1.807, 2.05) is 44.2 Å². The van der Waals surface area contributed by atoms with E-state index in [4.69, 9.17) is 14.2 Å². The lowest BCUT2D eigenvalue weighted by molar-refractivity contribution is 0.0940. The summed E-state index contributed by atoms with van der Waals surface area (Å²) in [6, 6.07) is 14.9. The van der Waals surface area contributed by atoms with E-state index < -0.39 is 5.91 Å². The number of carbonyl (C=O) groups excluding carboxylic acids is 1. The van der Waals surface area contributed by atoms with Crippen LogP contribution in [0, 0.1) is 12.8 Å². The summed E-state index contributed by atoms with van der Waals surface area (Å²) < 4.78 is 17.8. The fourth-order valence-corrected chi connectivity index (χ4v) is 4.68. The highest BCUT2D eigenvalue weighted by atomic mass is 16.5. The van der Waals surface area contributed by atoms with Gasteiger partial charge in [0.1, 0.15) is 11.2 Å². The molecule has 0 fully saturated rings. The lowest BCUT2D eigenvalue weighted by atomic mass is 9.97. The van der Waals surface area contributed by atoms with Gasteiger partial charge in [-0.2, -0.15) is 0 Å². The van der Waals surface area contributed by atoms with Crippen molar-refractivity contribution in [2.45, 2.75) is 33.4 Å². The van der Waals surface area contributed by atoms with E-state index in [0.29, 0.717) is 34.6 Å². The number of carbonyl (C=O) groups is 1. The summed E-state index contributed by atoms with van der Waals surface area (Å²) in [5, 5.41) is 13.2. The molecule has 0 saturated carbocycles. The zero-order chi connectivity index (χ0) is 28.8.